The van der Waals surface area contributed by atoms with Crippen LogP contribution < -0.4 is 19.9 Å². The molecular weight excluding hydrogens is 417 g/mol. The molecular formula is C27H28FN3O2. The van der Waals surface area contributed by atoms with Crippen molar-refractivity contribution >= 4 is 17.3 Å². The number of methoxy groups -OCH3 is 1. The van der Waals surface area contributed by atoms with Gasteiger partial charge in [-0.25, -0.2) is 4.39 Å². The van der Waals surface area contributed by atoms with Gasteiger partial charge in [0.25, 0.3) is 0 Å². The molecule has 1 N–H and O–H groups in total. The standard InChI is InChI=1S/C27H28FN3O2/c1-33-23-11-9-22(10-12-23)30-13-14-31-25-8-3-2-6-20(25)16-24(26(31)18-30)27(32)29-17-19-5-4-7-21(28)15-19/h2-12,15,24,26H,13-14,16-18H2,1H3,(H,29,32)/t24-,26-/m1/s1. The van der Waals surface area contributed by atoms with Crippen LogP contribution in [0.25, 0.3) is 0 Å². The minimum Gasteiger partial charge on any atom is -0.497 e. The number of para-hydroxylation sites is 1. The number of rotatable bonds is 5. The number of anilines is 2. The van der Waals surface area contributed by atoms with Crippen LogP contribution in [0.2, 0.25) is 0 Å². The first-order valence-electron chi connectivity index (χ1n) is 11.4. The van der Waals surface area contributed by atoms with Crippen LogP contribution in [-0.4, -0.2) is 38.7 Å². The SMILES string of the molecule is COc1ccc(N2CCN3c4ccccc4C[C@@H](C(=O)NCc4cccc(F)c4)[C@H]3C2)cc1. The lowest BCUT2D eigenvalue weighted by atomic mass is 9.83. The van der Waals surface area contributed by atoms with E-state index in [1.807, 2.05) is 24.3 Å². The molecule has 0 aromatic heterocycles. The topological polar surface area (TPSA) is 44.8 Å². The first-order chi connectivity index (χ1) is 16.1. The number of carbonyl (C=O) groups excluding carboxylic acids is 1. The number of nitrogens with one attached hydrogen (secondary N) is 1. The van der Waals surface area contributed by atoms with Gasteiger partial charge in [0.05, 0.1) is 19.1 Å². The van der Waals surface area contributed by atoms with Crippen LogP contribution in [0.4, 0.5) is 15.8 Å². The van der Waals surface area contributed by atoms with Gasteiger partial charge in [0, 0.05) is 37.6 Å². The Hall–Kier alpha value is -3.54. The summed E-state index contributed by atoms with van der Waals surface area (Å²) in [6.07, 6.45) is 0.697. The molecule has 0 radical (unpaired) electrons. The lowest BCUT2D eigenvalue weighted by molar-refractivity contribution is -0.126. The van der Waals surface area contributed by atoms with E-state index < -0.39 is 0 Å². The van der Waals surface area contributed by atoms with Crippen molar-refractivity contribution in [1.29, 1.82) is 0 Å². The number of piperazine rings is 1. The van der Waals surface area contributed by atoms with Gasteiger partial charge in [-0.2, -0.15) is 0 Å². The van der Waals surface area contributed by atoms with E-state index >= 15 is 0 Å². The summed E-state index contributed by atoms with van der Waals surface area (Å²) in [7, 11) is 1.67. The number of nitrogens with zero attached hydrogens (tertiary/aromatic N) is 2. The zero-order valence-electron chi connectivity index (χ0n) is 18.7. The molecule has 2 atom stereocenters. The molecule has 3 aromatic carbocycles. The Morgan fingerprint density at radius 1 is 1.06 bits per heavy atom. The van der Waals surface area contributed by atoms with Gasteiger partial charge in [-0.05, 0) is 60.0 Å². The monoisotopic (exact) mass is 445 g/mol. The predicted octanol–water partition coefficient (Wildman–Crippen LogP) is 4.02. The Bertz CT molecular complexity index is 1130. The summed E-state index contributed by atoms with van der Waals surface area (Å²) in [5.41, 5.74) is 4.33. The summed E-state index contributed by atoms with van der Waals surface area (Å²) in [4.78, 5) is 18.1. The van der Waals surface area contributed by atoms with Crippen molar-refractivity contribution in [2.45, 2.75) is 19.0 Å². The van der Waals surface area contributed by atoms with Crippen LogP contribution in [0.5, 0.6) is 5.75 Å². The van der Waals surface area contributed by atoms with Gasteiger partial charge in [0.2, 0.25) is 5.91 Å². The van der Waals surface area contributed by atoms with E-state index in [0.29, 0.717) is 13.0 Å². The van der Waals surface area contributed by atoms with E-state index in [0.717, 1.165) is 36.6 Å². The van der Waals surface area contributed by atoms with Crippen LogP contribution in [0.15, 0.2) is 72.8 Å². The summed E-state index contributed by atoms with van der Waals surface area (Å²) in [5, 5.41) is 3.06. The highest BCUT2D eigenvalue weighted by Gasteiger charge is 2.41. The van der Waals surface area contributed by atoms with Gasteiger partial charge >= 0.3 is 0 Å². The van der Waals surface area contributed by atoms with Gasteiger partial charge in [0.15, 0.2) is 0 Å². The average molecular weight is 446 g/mol. The molecule has 1 saturated heterocycles. The van der Waals surface area contributed by atoms with Crippen LogP contribution >= 0.6 is 0 Å². The molecule has 5 nitrogen and oxygen atoms in total. The number of hydrogen-bond acceptors (Lipinski definition) is 4. The largest absolute Gasteiger partial charge is 0.497 e. The van der Waals surface area contributed by atoms with Gasteiger partial charge in [-0.1, -0.05) is 30.3 Å². The van der Waals surface area contributed by atoms with E-state index in [1.165, 1.54) is 23.4 Å². The number of halogens is 1. The highest BCUT2D eigenvalue weighted by molar-refractivity contribution is 5.82. The Labute approximate surface area is 193 Å². The molecule has 33 heavy (non-hydrogen) atoms. The van der Waals surface area contributed by atoms with Crippen molar-refractivity contribution in [3.8, 4) is 5.75 Å². The van der Waals surface area contributed by atoms with E-state index in [1.54, 1.807) is 13.2 Å². The second kappa shape index (κ2) is 9.14. The highest BCUT2D eigenvalue weighted by atomic mass is 19.1. The van der Waals surface area contributed by atoms with E-state index in [4.69, 9.17) is 4.74 Å². The second-order valence-corrected chi connectivity index (χ2v) is 8.69. The summed E-state index contributed by atoms with van der Waals surface area (Å²) in [6.45, 7) is 2.82. The van der Waals surface area contributed by atoms with Crippen molar-refractivity contribution in [2.24, 2.45) is 5.92 Å². The van der Waals surface area contributed by atoms with Gasteiger partial charge in [-0.15, -0.1) is 0 Å². The molecule has 0 unspecified atom stereocenters. The van der Waals surface area contributed by atoms with E-state index in [9.17, 15) is 9.18 Å². The molecule has 2 aliphatic rings. The number of amides is 1. The van der Waals surface area contributed by atoms with Crippen LogP contribution in [0.3, 0.4) is 0 Å². The van der Waals surface area contributed by atoms with Crippen molar-refractivity contribution in [2.75, 3.05) is 36.5 Å². The molecule has 0 aliphatic carbocycles. The summed E-state index contributed by atoms with van der Waals surface area (Å²) < 4.78 is 18.8. The Morgan fingerprint density at radius 2 is 1.88 bits per heavy atom. The van der Waals surface area contributed by atoms with Crippen molar-refractivity contribution < 1.29 is 13.9 Å². The molecule has 3 aromatic rings. The third-order valence-electron chi connectivity index (χ3n) is 6.75. The van der Waals surface area contributed by atoms with Gasteiger partial charge < -0.3 is 19.9 Å². The maximum absolute atomic E-state index is 13.6. The molecule has 2 heterocycles. The maximum Gasteiger partial charge on any atom is 0.225 e. The lowest BCUT2D eigenvalue weighted by Gasteiger charge is -2.49. The molecule has 1 amide bonds. The first kappa shape index (κ1) is 21.3. The number of benzene rings is 3. The van der Waals surface area contributed by atoms with Crippen LogP contribution in [-0.2, 0) is 17.8 Å². The highest BCUT2D eigenvalue weighted by Crippen LogP contribution is 2.37. The molecule has 6 heteroatoms. The van der Waals surface area contributed by atoms with Crippen LogP contribution in [0, 0.1) is 11.7 Å². The lowest BCUT2D eigenvalue weighted by Crippen LogP contribution is -2.61. The quantitative estimate of drug-likeness (QED) is 0.645. The Morgan fingerprint density at radius 3 is 2.67 bits per heavy atom. The maximum atomic E-state index is 13.6. The number of ether oxygens (including phenoxy) is 1. The smallest absolute Gasteiger partial charge is 0.225 e. The Kier molecular flexibility index (Phi) is 5.90. The second-order valence-electron chi connectivity index (χ2n) is 8.69. The zero-order chi connectivity index (χ0) is 22.8. The molecule has 2 aliphatic heterocycles. The molecule has 1 fully saturated rings. The fourth-order valence-electron chi connectivity index (χ4n) is 5.05. The Balaban J connectivity index is 1.38. The number of carbonyl (C=O) groups is 1. The normalized spacial score (nSPS) is 19.5. The molecule has 0 spiro atoms. The first-order valence-corrected chi connectivity index (χ1v) is 11.4. The zero-order valence-corrected chi connectivity index (χ0v) is 18.7. The summed E-state index contributed by atoms with van der Waals surface area (Å²) >= 11 is 0. The minimum absolute atomic E-state index is 0.0142. The molecule has 170 valence electrons. The summed E-state index contributed by atoms with van der Waals surface area (Å²) in [5.74, 6) is 0.371. The predicted molar refractivity (Wildman–Crippen MR) is 128 cm³/mol. The number of hydrogen-bond donors (Lipinski definition) is 1. The van der Waals surface area contributed by atoms with Crippen molar-refractivity contribution in [3.05, 3.63) is 89.7 Å². The summed E-state index contributed by atoms with van der Waals surface area (Å²) in [6, 6.07) is 22.9. The van der Waals surface area contributed by atoms with E-state index in [-0.39, 0.29) is 23.7 Å². The molecule has 0 bridgehead atoms. The third kappa shape index (κ3) is 4.38. The van der Waals surface area contributed by atoms with Crippen LogP contribution in [0.1, 0.15) is 11.1 Å². The fourth-order valence-corrected chi connectivity index (χ4v) is 5.05. The number of fused-ring (bicyclic) bond motifs is 3. The van der Waals surface area contributed by atoms with Gasteiger partial charge in [-0.3, -0.25) is 4.79 Å². The third-order valence-corrected chi connectivity index (χ3v) is 6.75. The average Bonchev–Trinajstić information content (AvgIpc) is 2.86. The van der Waals surface area contributed by atoms with Crippen molar-refractivity contribution in [1.82, 2.24) is 5.32 Å². The minimum atomic E-state index is -0.290. The fraction of sp³-hybridized carbons (Fsp3) is 0.296. The van der Waals surface area contributed by atoms with Crippen molar-refractivity contribution in [3.63, 3.8) is 0 Å². The molecule has 5 rings (SSSR count). The molecule has 0 saturated carbocycles. The van der Waals surface area contributed by atoms with Gasteiger partial charge in [0.1, 0.15) is 11.6 Å². The van der Waals surface area contributed by atoms with E-state index in [2.05, 4.69) is 45.4 Å².